The predicted octanol–water partition coefficient (Wildman–Crippen LogP) is 4.84. The van der Waals surface area contributed by atoms with Gasteiger partial charge in [-0.05, 0) is 58.8 Å². The number of benzene rings is 1. The number of halogens is 2. The quantitative estimate of drug-likeness (QED) is 0.681. The molecular weight excluding hydrogens is 255 g/mol. The van der Waals surface area contributed by atoms with Crippen molar-refractivity contribution in [2.75, 3.05) is 5.88 Å². The molecule has 0 bridgehead atoms. The molecule has 17 heavy (non-hydrogen) atoms. The Labute approximate surface area is 110 Å². The zero-order chi connectivity index (χ0) is 12.1. The predicted molar refractivity (Wildman–Crippen MR) is 72.5 cm³/mol. The van der Waals surface area contributed by atoms with Crippen molar-refractivity contribution in [3.63, 3.8) is 0 Å². The Morgan fingerprint density at radius 2 is 1.94 bits per heavy atom. The fourth-order valence-electron chi connectivity index (χ4n) is 1.84. The standard InChI is InChI=1S/C14H14ClFS/c15-9-13(2-1-11-7-8-17-10-11)12-3-5-14(16)6-4-12/h3-8,10,13H,1-2,9H2. The van der Waals surface area contributed by atoms with Crippen LogP contribution >= 0.6 is 22.9 Å². The highest BCUT2D eigenvalue weighted by atomic mass is 35.5. The SMILES string of the molecule is Fc1ccc(C(CCl)CCc2ccsc2)cc1. The minimum Gasteiger partial charge on any atom is -0.207 e. The lowest BCUT2D eigenvalue weighted by Gasteiger charge is -2.13. The van der Waals surface area contributed by atoms with Gasteiger partial charge in [0.15, 0.2) is 0 Å². The van der Waals surface area contributed by atoms with Crippen LogP contribution in [0.1, 0.15) is 23.5 Å². The molecule has 0 N–H and O–H groups in total. The van der Waals surface area contributed by atoms with E-state index in [2.05, 4.69) is 16.8 Å². The van der Waals surface area contributed by atoms with Crippen LogP contribution in [0.15, 0.2) is 41.1 Å². The van der Waals surface area contributed by atoms with Crippen molar-refractivity contribution in [3.05, 3.63) is 58.0 Å². The normalized spacial score (nSPS) is 12.6. The van der Waals surface area contributed by atoms with Gasteiger partial charge in [-0.15, -0.1) is 11.6 Å². The van der Waals surface area contributed by atoms with Gasteiger partial charge >= 0.3 is 0 Å². The van der Waals surface area contributed by atoms with Crippen LogP contribution in [0.5, 0.6) is 0 Å². The van der Waals surface area contributed by atoms with E-state index in [0.29, 0.717) is 11.8 Å². The molecule has 0 aliphatic heterocycles. The summed E-state index contributed by atoms with van der Waals surface area (Å²) in [5.74, 6) is 0.688. The molecule has 0 aliphatic carbocycles. The van der Waals surface area contributed by atoms with Crippen LogP contribution in [0.3, 0.4) is 0 Å². The molecule has 2 aromatic rings. The second kappa shape index (κ2) is 6.18. The molecule has 1 heterocycles. The van der Waals surface area contributed by atoms with Crippen LogP contribution in [0.2, 0.25) is 0 Å². The van der Waals surface area contributed by atoms with E-state index in [1.54, 1.807) is 11.3 Å². The number of aryl methyl sites for hydroxylation is 1. The van der Waals surface area contributed by atoms with E-state index >= 15 is 0 Å². The molecule has 0 saturated carbocycles. The zero-order valence-electron chi connectivity index (χ0n) is 9.40. The first-order valence-corrected chi connectivity index (χ1v) is 7.10. The van der Waals surface area contributed by atoms with Gasteiger partial charge in [-0.25, -0.2) is 4.39 Å². The van der Waals surface area contributed by atoms with Crippen LogP contribution in [-0.4, -0.2) is 5.88 Å². The third kappa shape index (κ3) is 3.55. The molecule has 1 unspecified atom stereocenters. The fraction of sp³-hybridized carbons (Fsp3) is 0.286. The number of alkyl halides is 1. The highest BCUT2D eigenvalue weighted by Crippen LogP contribution is 2.24. The molecule has 2 rings (SSSR count). The van der Waals surface area contributed by atoms with Gasteiger partial charge in [0.2, 0.25) is 0 Å². The van der Waals surface area contributed by atoms with Crippen LogP contribution in [0.4, 0.5) is 4.39 Å². The summed E-state index contributed by atoms with van der Waals surface area (Å²) in [6.07, 6.45) is 2.03. The van der Waals surface area contributed by atoms with Crippen LogP contribution < -0.4 is 0 Å². The van der Waals surface area contributed by atoms with E-state index in [-0.39, 0.29) is 5.82 Å². The van der Waals surface area contributed by atoms with E-state index in [1.165, 1.54) is 17.7 Å². The summed E-state index contributed by atoms with van der Waals surface area (Å²) in [6.45, 7) is 0. The van der Waals surface area contributed by atoms with Gasteiger partial charge in [0.1, 0.15) is 5.82 Å². The highest BCUT2D eigenvalue weighted by molar-refractivity contribution is 7.07. The largest absolute Gasteiger partial charge is 0.207 e. The van der Waals surface area contributed by atoms with Crippen LogP contribution in [0.25, 0.3) is 0 Å². The van der Waals surface area contributed by atoms with Crippen molar-refractivity contribution in [3.8, 4) is 0 Å². The van der Waals surface area contributed by atoms with Gasteiger partial charge in [0.05, 0.1) is 0 Å². The van der Waals surface area contributed by atoms with Gasteiger partial charge < -0.3 is 0 Å². The molecule has 1 aromatic carbocycles. The van der Waals surface area contributed by atoms with E-state index in [1.807, 2.05) is 12.1 Å². The number of rotatable bonds is 5. The topological polar surface area (TPSA) is 0 Å². The van der Waals surface area contributed by atoms with Crippen molar-refractivity contribution in [1.29, 1.82) is 0 Å². The smallest absolute Gasteiger partial charge is 0.123 e. The summed E-state index contributed by atoms with van der Waals surface area (Å²) < 4.78 is 12.8. The first-order valence-electron chi connectivity index (χ1n) is 5.62. The number of thiophene rings is 1. The molecule has 0 fully saturated rings. The Balaban J connectivity index is 1.99. The summed E-state index contributed by atoms with van der Waals surface area (Å²) in [4.78, 5) is 0. The summed E-state index contributed by atoms with van der Waals surface area (Å²) in [5, 5.41) is 4.25. The van der Waals surface area contributed by atoms with Gasteiger partial charge in [0, 0.05) is 5.88 Å². The summed E-state index contributed by atoms with van der Waals surface area (Å²) in [5.41, 5.74) is 2.48. The maximum absolute atomic E-state index is 12.8. The third-order valence-electron chi connectivity index (χ3n) is 2.89. The fourth-order valence-corrected chi connectivity index (χ4v) is 2.88. The molecule has 0 saturated heterocycles. The molecule has 0 amide bonds. The summed E-state index contributed by atoms with van der Waals surface area (Å²) in [6, 6.07) is 8.80. The first-order chi connectivity index (χ1) is 8.29. The van der Waals surface area contributed by atoms with Crippen molar-refractivity contribution in [2.45, 2.75) is 18.8 Å². The van der Waals surface area contributed by atoms with E-state index < -0.39 is 0 Å². The Hall–Kier alpha value is -0.860. The Morgan fingerprint density at radius 1 is 1.18 bits per heavy atom. The Morgan fingerprint density at radius 3 is 2.53 bits per heavy atom. The van der Waals surface area contributed by atoms with E-state index in [0.717, 1.165) is 18.4 Å². The molecule has 0 aliphatic rings. The molecule has 1 atom stereocenters. The van der Waals surface area contributed by atoms with Crippen molar-refractivity contribution in [1.82, 2.24) is 0 Å². The summed E-state index contributed by atoms with van der Waals surface area (Å²) in [7, 11) is 0. The maximum atomic E-state index is 12.8. The van der Waals surface area contributed by atoms with Crippen molar-refractivity contribution in [2.24, 2.45) is 0 Å². The second-order valence-corrected chi connectivity index (χ2v) is 5.16. The second-order valence-electron chi connectivity index (χ2n) is 4.07. The number of hydrogen-bond acceptors (Lipinski definition) is 1. The van der Waals surface area contributed by atoms with Crippen LogP contribution in [0, 0.1) is 5.82 Å². The molecule has 3 heteroatoms. The van der Waals surface area contributed by atoms with Gasteiger partial charge in [0.25, 0.3) is 0 Å². The van der Waals surface area contributed by atoms with E-state index in [4.69, 9.17) is 11.6 Å². The highest BCUT2D eigenvalue weighted by Gasteiger charge is 2.10. The lowest BCUT2D eigenvalue weighted by atomic mass is 9.94. The molecule has 90 valence electrons. The zero-order valence-corrected chi connectivity index (χ0v) is 11.0. The monoisotopic (exact) mass is 268 g/mol. The lowest BCUT2D eigenvalue weighted by Crippen LogP contribution is -2.02. The maximum Gasteiger partial charge on any atom is 0.123 e. The van der Waals surface area contributed by atoms with Gasteiger partial charge in [-0.1, -0.05) is 12.1 Å². The van der Waals surface area contributed by atoms with Gasteiger partial charge in [-0.3, -0.25) is 0 Å². The minimum atomic E-state index is -0.195. The first kappa shape index (κ1) is 12.6. The Kier molecular flexibility index (Phi) is 4.57. The average molecular weight is 269 g/mol. The van der Waals surface area contributed by atoms with E-state index in [9.17, 15) is 4.39 Å². The summed E-state index contributed by atoms with van der Waals surface area (Å²) >= 11 is 7.70. The third-order valence-corrected chi connectivity index (χ3v) is 3.99. The van der Waals surface area contributed by atoms with Crippen molar-refractivity contribution >= 4 is 22.9 Å². The molecule has 0 radical (unpaired) electrons. The molecule has 0 spiro atoms. The minimum absolute atomic E-state index is 0.195. The average Bonchev–Trinajstić information content (AvgIpc) is 2.85. The van der Waals surface area contributed by atoms with Crippen LogP contribution in [-0.2, 0) is 6.42 Å². The van der Waals surface area contributed by atoms with Crippen molar-refractivity contribution < 1.29 is 4.39 Å². The molecule has 1 aromatic heterocycles. The molecular formula is C14H14ClFS. The van der Waals surface area contributed by atoms with Gasteiger partial charge in [-0.2, -0.15) is 11.3 Å². The Bertz CT molecular complexity index is 436. The number of hydrogen-bond donors (Lipinski definition) is 0. The lowest BCUT2D eigenvalue weighted by molar-refractivity contribution is 0.623. The molecule has 0 nitrogen and oxygen atoms in total.